The van der Waals surface area contributed by atoms with Crippen molar-refractivity contribution in [3.05, 3.63) is 51.2 Å². The lowest BCUT2D eigenvalue weighted by Gasteiger charge is -2.14. The van der Waals surface area contributed by atoms with Gasteiger partial charge in [0.1, 0.15) is 7.85 Å². The van der Waals surface area contributed by atoms with Crippen LogP contribution in [0.25, 0.3) is 21.7 Å². The highest BCUT2D eigenvalue weighted by atomic mass is 79.9. The van der Waals surface area contributed by atoms with Crippen LogP contribution in [0.1, 0.15) is 45.4 Å². The molecule has 2 nitrogen and oxygen atoms in total. The van der Waals surface area contributed by atoms with Crippen molar-refractivity contribution in [3.8, 4) is 0 Å². The molecule has 0 aliphatic heterocycles. The summed E-state index contributed by atoms with van der Waals surface area (Å²) in [4.78, 5) is 13.1. The Kier molecular flexibility index (Phi) is 6.00. The number of fused-ring (bicyclic) bond motifs is 3. The first-order valence-electron chi connectivity index (χ1n) is 9.13. The zero-order valence-corrected chi connectivity index (χ0v) is 16.3. The van der Waals surface area contributed by atoms with Gasteiger partial charge in [-0.1, -0.05) is 84.7 Å². The zero-order chi connectivity index (χ0) is 17.8. The molecule has 0 atom stereocenters. The van der Waals surface area contributed by atoms with Crippen LogP contribution in [0, 0.1) is 0 Å². The molecular weight excluding hydrogens is 373 g/mol. The van der Waals surface area contributed by atoms with Crippen molar-refractivity contribution in [2.75, 3.05) is 0 Å². The van der Waals surface area contributed by atoms with Crippen molar-refractivity contribution in [3.63, 3.8) is 0 Å². The quantitative estimate of drug-likeness (QED) is 0.311. The van der Waals surface area contributed by atoms with Crippen LogP contribution < -0.4 is 11.0 Å². The van der Waals surface area contributed by atoms with E-state index in [9.17, 15) is 4.79 Å². The summed E-state index contributed by atoms with van der Waals surface area (Å²) >= 11 is 3.54. The average Bonchev–Trinajstić information content (AvgIpc) is 2.60. The van der Waals surface area contributed by atoms with Crippen LogP contribution in [0.2, 0.25) is 0 Å². The number of benzene rings is 2. The number of nitrogens with zero attached hydrogens (tertiary/aromatic N) is 1. The predicted octanol–water partition coefficient (Wildman–Crippen LogP) is 5.07. The van der Waals surface area contributed by atoms with Crippen LogP contribution in [0.15, 0.2) is 45.7 Å². The van der Waals surface area contributed by atoms with Crippen molar-refractivity contribution < 1.29 is 0 Å². The molecule has 3 aromatic rings. The van der Waals surface area contributed by atoms with E-state index in [1.54, 1.807) is 6.07 Å². The largest absolute Gasteiger partial charge is 0.308 e. The minimum atomic E-state index is 0.0569. The van der Waals surface area contributed by atoms with Gasteiger partial charge in [-0.3, -0.25) is 4.79 Å². The predicted molar refractivity (Wildman–Crippen MR) is 112 cm³/mol. The van der Waals surface area contributed by atoms with Gasteiger partial charge in [0.15, 0.2) is 0 Å². The van der Waals surface area contributed by atoms with Gasteiger partial charge in [0.05, 0.1) is 5.52 Å². The van der Waals surface area contributed by atoms with Gasteiger partial charge in [-0.2, -0.15) is 0 Å². The Morgan fingerprint density at radius 3 is 2.44 bits per heavy atom. The minimum Gasteiger partial charge on any atom is -0.308 e. The first-order chi connectivity index (χ1) is 12.1. The molecular formula is C21H23BBrNO. The summed E-state index contributed by atoms with van der Waals surface area (Å²) in [6, 6.07) is 11.8. The highest BCUT2D eigenvalue weighted by molar-refractivity contribution is 9.10. The van der Waals surface area contributed by atoms with Gasteiger partial charge in [-0.15, -0.1) is 0 Å². The second-order valence-corrected chi connectivity index (χ2v) is 7.61. The second-order valence-electron chi connectivity index (χ2n) is 6.69. The summed E-state index contributed by atoms with van der Waals surface area (Å²) in [7, 11) is 5.92. The fourth-order valence-electron chi connectivity index (χ4n) is 3.46. The van der Waals surface area contributed by atoms with Gasteiger partial charge in [-0.05, 0) is 23.9 Å². The van der Waals surface area contributed by atoms with Gasteiger partial charge < -0.3 is 4.57 Å². The number of unbranched alkanes of at least 4 members (excludes halogenated alkanes) is 5. The maximum atomic E-state index is 13.1. The lowest BCUT2D eigenvalue weighted by Crippen LogP contribution is -2.22. The van der Waals surface area contributed by atoms with Crippen LogP contribution in [0.5, 0.6) is 0 Å². The average molecular weight is 396 g/mol. The first-order valence-corrected chi connectivity index (χ1v) is 9.92. The molecule has 25 heavy (non-hydrogen) atoms. The molecule has 0 amide bonds. The fourth-order valence-corrected chi connectivity index (χ4v) is 3.81. The van der Waals surface area contributed by atoms with Crippen molar-refractivity contribution >= 4 is 50.9 Å². The Hall–Kier alpha value is -1.55. The van der Waals surface area contributed by atoms with E-state index in [-0.39, 0.29) is 5.56 Å². The molecule has 4 heteroatoms. The highest BCUT2D eigenvalue weighted by Gasteiger charge is 2.11. The third kappa shape index (κ3) is 4.00. The van der Waals surface area contributed by atoms with Crippen LogP contribution in [0.4, 0.5) is 0 Å². The Morgan fingerprint density at radius 1 is 0.920 bits per heavy atom. The van der Waals surface area contributed by atoms with E-state index in [4.69, 9.17) is 7.85 Å². The summed E-state index contributed by atoms with van der Waals surface area (Å²) in [5.41, 5.74) is 1.68. The molecule has 0 N–H and O–H groups in total. The van der Waals surface area contributed by atoms with Crippen molar-refractivity contribution in [2.45, 2.75) is 52.0 Å². The van der Waals surface area contributed by atoms with E-state index < -0.39 is 0 Å². The van der Waals surface area contributed by atoms with E-state index >= 15 is 0 Å². The van der Waals surface area contributed by atoms with E-state index in [1.165, 1.54) is 25.7 Å². The van der Waals surface area contributed by atoms with Gasteiger partial charge in [0.2, 0.25) is 0 Å². The molecule has 0 unspecified atom stereocenters. The van der Waals surface area contributed by atoms with Crippen molar-refractivity contribution in [1.29, 1.82) is 0 Å². The molecule has 1 aromatic heterocycles. The molecule has 128 valence electrons. The maximum absolute atomic E-state index is 13.1. The Balaban J connectivity index is 2.01. The Morgan fingerprint density at radius 2 is 1.64 bits per heavy atom. The van der Waals surface area contributed by atoms with Crippen LogP contribution in [0.3, 0.4) is 0 Å². The monoisotopic (exact) mass is 395 g/mol. The lowest BCUT2D eigenvalue weighted by molar-refractivity contribution is 0.559. The number of hydrogen-bond donors (Lipinski definition) is 0. The molecule has 0 spiro atoms. The molecule has 0 aliphatic carbocycles. The zero-order valence-electron chi connectivity index (χ0n) is 14.7. The van der Waals surface area contributed by atoms with E-state index in [0.29, 0.717) is 10.8 Å². The smallest absolute Gasteiger partial charge is 0.258 e. The Labute approximate surface area is 158 Å². The van der Waals surface area contributed by atoms with E-state index in [1.807, 2.05) is 28.8 Å². The number of rotatable bonds is 7. The summed E-state index contributed by atoms with van der Waals surface area (Å²) < 4.78 is 2.91. The topological polar surface area (TPSA) is 22.0 Å². The van der Waals surface area contributed by atoms with Gasteiger partial charge in [0.25, 0.3) is 5.56 Å². The number of halogens is 1. The first kappa shape index (κ1) is 18.3. The molecule has 0 bridgehead atoms. The standard InChI is InChI=1S/C21H23BBrNO/c1-2-3-4-5-6-7-12-24-20-14-16(23)9-11-18(20)17-10-8-15(22)13-19(17)21(24)25/h8-11,13-14H,2-7,12H2,1H3. The molecule has 0 aliphatic rings. The van der Waals surface area contributed by atoms with Crippen LogP contribution in [-0.2, 0) is 6.54 Å². The molecule has 0 saturated carbocycles. The number of aryl methyl sites for hydroxylation is 1. The lowest BCUT2D eigenvalue weighted by atomic mass is 9.93. The number of hydrogen-bond acceptors (Lipinski definition) is 1. The molecule has 0 saturated heterocycles. The summed E-state index contributed by atoms with van der Waals surface area (Å²) in [6.07, 6.45) is 7.27. The molecule has 3 rings (SSSR count). The summed E-state index contributed by atoms with van der Waals surface area (Å²) in [6.45, 7) is 2.98. The molecule has 2 aromatic carbocycles. The molecule has 1 heterocycles. The molecule has 0 fully saturated rings. The van der Waals surface area contributed by atoms with Gasteiger partial charge in [0, 0.05) is 21.8 Å². The number of pyridine rings is 1. The van der Waals surface area contributed by atoms with Crippen LogP contribution >= 0.6 is 15.9 Å². The third-order valence-corrected chi connectivity index (χ3v) is 5.29. The van der Waals surface area contributed by atoms with Crippen molar-refractivity contribution in [1.82, 2.24) is 4.57 Å². The van der Waals surface area contributed by atoms with Gasteiger partial charge in [-0.25, -0.2) is 0 Å². The summed E-state index contributed by atoms with van der Waals surface area (Å²) in [5, 5.41) is 2.78. The second kappa shape index (κ2) is 8.22. The minimum absolute atomic E-state index is 0.0569. The fraction of sp³-hybridized carbons (Fsp3) is 0.381. The third-order valence-electron chi connectivity index (χ3n) is 4.80. The maximum Gasteiger partial charge on any atom is 0.258 e. The Bertz CT molecular complexity index is 948. The van der Waals surface area contributed by atoms with Crippen molar-refractivity contribution in [2.24, 2.45) is 0 Å². The SMILES string of the molecule is [B]c1ccc2c(c1)c(=O)n(CCCCCCCC)c1cc(Br)ccc21. The van der Waals surface area contributed by atoms with E-state index in [2.05, 4.69) is 28.9 Å². The van der Waals surface area contributed by atoms with E-state index in [0.717, 1.165) is 40.1 Å². The normalized spacial score (nSPS) is 11.4. The highest BCUT2D eigenvalue weighted by Crippen LogP contribution is 2.25. The van der Waals surface area contributed by atoms with Gasteiger partial charge >= 0.3 is 0 Å². The van der Waals surface area contributed by atoms with Crippen LogP contribution in [-0.4, -0.2) is 12.4 Å². The number of aromatic nitrogens is 1. The summed E-state index contributed by atoms with van der Waals surface area (Å²) in [5.74, 6) is 0. The molecule has 2 radical (unpaired) electrons.